The molecule has 0 spiro atoms. The molecule has 1 fully saturated rings. The maximum absolute atomic E-state index is 9.79. The van der Waals surface area contributed by atoms with Gasteiger partial charge in [-0.15, -0.1) is 11.8 Å². The van der Waals surface area contributed by atoms with E-state index in [9.17, 15) is 5.11 Å². The van der Waals surface area contributed by atoms with Crippen LogP contribution in [-0.2, 0) is 0 Å². The fourth-order valence-corrected chi connectivity index (χ4v) is 3.71. The van der Waals surface area contributed by atoms with Gasteiger partial charge in [0.2, 0.25) is 0 Å². The van der Waals surface area contributed by atoms with E-state index < -0.39 is 0 Å². The molecule has 1 heterocycles. The van der Waals surface area contributed by atoms with Gasteiger partial charge in [-0.2, -0.15) is 0 Å². The molecule has 0 aromatic heterocycles. The summed E-state index contributed by atoms with van der Waals surface area (Å²) in [6.07, 6.45) is 2.30. The van der Waals surface area contributed by atoms with Crippen LogP contribution in [0.4, 0.5) is 0 Å². The van der Waals surface area contributed by atoms with Crippen LogP contribution < -0.4 is 5.32 Å². The molecule has 1 aromatic rings. The standard InChI is InChI=1S/C14H19NOS/c16-13(10-5-6-10)8-15-7-11-9-17-14-4-2-1-3-12(11)14/h1-4,10-11,13,15-16H,5-9H2. The van der Waals surface area contributed by atoms with Crippen molar-refractivity contribution in [1.82, 2.24) is 5.32 Å². The highest BCUT2D eigenvalue weighted by atomic mass is 32.2. The average Bonchev–Trinajstić information content (AvgIpc) is 3.12. The molecule has 2 unspecified atom stereocenters. The van der Waals surface area contributed by atoms with Gasteiger partial charge in [0.25, 0.3) is 0 Å². The molecule has 1 aliphatic carbocycles. The van der Waals surface area contributed by atoms with Gasteiger partial charge in [0, 0.05) is 29.7 Å². The van der Waals surface area contributed by atoms with Crippen molar-refractivity contribution in [2.24, 2.45) is 5.92 Å². The van der Waals surface area contributed by atoms with Gasteiger partial charge in [-0.05, 0) is 30.4 Å². The number of aliphatic hydroxyl groups excluding tert-OH is 1. The largest absolute Gasteiger partial charge is 0.392 e. The van der Waals surface area contributed by atoms with Crippen LogP contribution >= 0.6 is 11.8 Å². The lowest BCUT2D eigenvalue weighted by Crippen LogP contribution is -2.31. The Balaban J connectivity index is 1.50. The summed E-state index contributed by atoms with van der Waals surface area (Å²) in [6, 6.07) is 8.67. The third kappa shape index (κ3) is 2.67. The van der Waals surface area contributed by atoms with Crippen LogP contribution in [0.15, 0.2) is 29.2 Å². The highest BCUT2D eigenvalue weighted by Gasteiger charge is 2.29. The van der Waals surface area contributed by atoms with E-state index in [1.54, 1.807) is 0 Å². The minimum absolute atomic E-state index is 0.126. The SMILES string of the molecule is OC(CNCC1CSc2ccccc21)C1CC1. The Morgan fingerprint density at radius 1 is 1.35 bits per heavy atom. The molecule has 1 aromatic carbocycles. The lowest BCUT2D eigenvalue weighted by Gasteiger charge is -2.14. The molecule has 0 saturated heterocycles. The predicted molar refractivity (Wildman–Crippen MR) is 71.5 cm³/mol. The zero-order valence-electron chi connectivity index (χ0n) is 9.93. The van der Waals surface area contributed by atoms with Crippen molar-refractivity contribution in [2.75, 3.05) is 18.8 Å². The molecular weight excluding hydrogens is 230 g/mol. The monoisotopic (exact) mass is 249 g/mol. The quantitative estimate of drug-likeness (QED) is 0.839. The molecule has 17 heavy (non-hydrogen) atoms. The maximum Gasteiger partial charge on any atom is 0.0692 e. The zero-order chi connectivity index (χ0) is 11.7. The number of hydrogen-bond donors (Lipinski definition) is 2. The van der Waals surface area contributed by atoms with E-state index in [-0.39, 0.29) is 6.10 Å². The lowest BCUT2D eigenvalue weighted by atomic mass is 10.0. The number of nitrogens with one attached hydrogen (secondary N) is 1. The number of hydrogen-bond acceptors (Lipinski definition) is 3. The molecule has 0 radical (unpaired) electrons. The number of rotatable bonds is 5. The Labute approximate surface area is 107 Å². The van der Waals surface area contributed by atoms with Crippen LogP contribution in [0.3, 0.4) is 0 Å². The first-order valence-electron chi connectivity index (χ1n) is 6.45. The normalized spacial score (nSPS) is 24.6. The highest BCUT2D eigenvalue weighted by Crippen LogP contribution is 2.38. The average molecular weight is 249 g/mol. The van der Waals surface area contributed by atoms with Crippen LogP contribution in [0.25, 0.3) is 0 Å². The summed E-state index contributed by atoms with van der Waals surface area (Å²) in [5.41, 5.74) is 1.48. The summed E-state index contributed by atoms with van der Waals surface area (Å²) in [5.74, 6) is 2.36. The first-order valence-corrected chi connectivity index (χ1v) is 7.43. The Morgan fingerprint density at radius 3 is 3.00 bits per heavy atom. The molecule has 3 rings (SSSR count). The van der Waals surface area contributed by atoms with Gasteiger partial charge in [-0.1, -0.05) is 18.2 Å². The van der Waals surface area contributed by atoms with E-state index in [2.05, 4.69) is 29.6 Å². The fraction of sp³-hybridized carbons (Fsp3) is 0.571. The molecule has 3 heteroatoms. The lowest BCUT2D eigenvalue weighted by molar-refractivity contribution is 0.148. The molecule has 2 N–H and O–H groups in total. The van der Waals surface area contributed by atoms with Crippen molar-refractivity contribution in [3.05, 3.63) is 29.8 Å². The summed E-state index contributed by atoms with van der Waals surface area (Å²) in [6.45, 7) is 1.75. The number of aliphatic hydroxyl groups is 1. The number of thioether (sulfide) groups is 1. The van der Waals surface area contributed by atoms with Gasteiger partial charge < -0.3 is 10.4 Å². The van der Waals surface area contributed by atoms with Gasteiger partial charge in [-0.3, -0.25) is 0 Å². The van der Waals surface area contributed by atoms with Crippen molar-refractivity contribution in [3.63, 3.8) is 0 Å². The molecule has 2 atom stereocenters. The number of fused-ring (bicyclic) bond motifs is 1. The molecule has 92 valence electrons. The third-order valence-corrected chi connectivity index (χ3v) is 4.96. The second-order valence-electron chi connectivity index (χ2n) is 5.11. The maximum atomic E-state index is 9.79. The minimum Gasteiger partial charge on any atom is -0.392 e. The van der Waals surface area contributed by atoms with Crippen LogP contribution in [0.2, 0.25) is 0 Å². The summed E-state index contributed by atoms with van der Waals surface area (Å²) >= 11 is 1.95. The van der Waals surface area contributed by atoms with E-state index in [4.69, 9.17) is 0 Å². The summed E-state index contributed by atoms with van der Waals surface area (Å²) < 4.78 is 0. The molecule has 1 aliphatic heterocycles. The van der Waals surface area contributed by atoms with E-state index in [0.717, 1.165) is 13.1 Å². The fourth-order valence-electron chi connectivity index (χ4n) is 2.45. The third-order valence-electron chi connectivity index (χ3n) is 3.71. The molecular formula is C14H19NOS. The number of benzene rings is 1. The summed E-state index contributed by atoms with van der Waals surface area (Å²) in [5, 5.41) is 13.2. The minimum atomic E-state index is -0.126. The van der Waals surface area contributed by atoms with Crippen LogP contribution in [0.1, 0.15) is 24.3 Å². The molecule has 2 nitrogen and oxygen atoms in total. The van der Waals surface area contributed by atoms with Crippen molar-refractivity contribution in [1.29, 1.82) is 0 Å². The Bertz CT molecular complexity index is 392. The smallest absolute Gasteiger partial charge is 0.0692 e. The van der Waals surface area contributed by atoms with Gasteiger partial charge in [0.05, 0.1) is 6.10 Å². The zero-order valence-corrected chi connectivity index (χ0v) is 10.7. The Morgan fingerprint density at radius 2 is 2.18 bits per heavy atom. The molecule has 0 amide bonds. The first-order chi connectivity index (χ1) is 8.34. The summed E-state index contributed by atoms with van der Waals surface area (Å²) in [7, 11) is 0. The van der Waals surface area contributed by atoms with E-state index in [0.29, 0.717) is 11.8 Å². The van der Waals surface area contributed by atoms with Crippen LogP contribution in [0, 0.1) is 5.92 Å². The van der Waals surface area contributed by atoms with Gasteiger partial charge in [-0.25, -0.2) is 0 Å². The first kappa shape index (κ1) is 11.6. The van der Waals surface area contributed by atoms with Crippen molar-refractivity contribution in [3.8, 4) is 0 Å². The van der Waals surface area contributed by atoms with Crippen molar-refractivity contribution >= 4 is 11.8 Å². The van der Waals surface area contributed by atoms with Crippen LogP contribution in [-0.4, -0.2) is 30.1 Å². The van der Waals surface area contributed by atoms with Gasteiger partial charge >= 0.3 is 0 Å². The van der Waals surface area contributed by atoms with E-state index >= 15 is 0 Å². The predicted octanol–water partition coefficient (Wildman–Crippen LogP) is 2.24. The van der Waals surface area contributed by atoms with Crippen LogP contribution in [0.5, 0.6) is 0 Å². The van der Waals surface area contributed by atoms with E-state index in [1.807, 2.05) is 11.8 Å². The van der Waals surface area contributed by atoms with Crippen molar-refractivity contribution in [2.45, 2.75) is 29.8 Å². The van der Waals surface area contributed by atoms with E-state index in [1.165, 1.54) is 29.1 Å². The van der Waals surface area contributed by atoms with Gasteiger partial charge in [0.15, 0.2) is 0 Å². The Hall–Kier alpha value is -0.510. The topological polar surface area (TPSA) is 32.3 Å². The Kier molecular flexibility index (Phi) is 3.41. The molecule has 1 saturated carbocycles. The summed E-state index contributed by atoms with van der Waals surface area (Å²) in [4.78, 5) is 1.43. The second-order valence-corrected chi connectivity index (χ2v) is 6.17. The highest BCUT2D eigenvalue weighted by molar-refractivity contribution is 7.99. The molecule has 0 bridgehead atoms. The van der Waals surface area contributed by atoms with Gasteiger partial charge in [0.1, 0.15) is 0 Å². The molecule has 2 aliphatic rings. The second kappa shape index (κ2) is 5.01. The van der Waals surface area contributed by atoms with Crippen molar-refractivity contribution < 1.29 is 5.11 Å².